The number of carbonyl (C=O) groups is 2. The lowest BCUT2D eigenvalue weighted by Crippen LogP contribution is -2.33. The fourth-order valence-electron chi connectivity index (χ4n) is 3.36. The van der Waals surface area contributed by atoms with E-state index >= 15 is 0 Å². The Labute approximate surface area is 127 Å². The highest BCUT2D eigenvalue weighted by Gasteiger charge is 2.52. The van der Waals surface area contributed by atoms with Crippen molar-refractivity contribution in [3.05, 3.63) is 29.6 Å². The predicted octanol–water partition coefficient (Wildman–Crippen LogP) is 2.00. The van der Waals surface area contributed by atoms with E-state index in [1.54, 1.807) is 0 Å². The van der Waals surface area contributed by atoms with Crippen LogP contribution in [0.4, 0.5) is 10.1 Å². The van der Waals surface area contributed by atoms with Crippen molar-refractivity contribution >= 4 is 34.7 Å². The molecule has 4 nitrogen and oxygen atoms in total. The van der Waals surface area contributed by atoms with Crippen molar-refractivity contribution in [1.82, 2.24) is 0 Å². The van der Waals surface area contributed by atoms with Gasteiger partial charge in [-0.1, -0.05) is 19.1 Å². The summed E-state index contributed by atoms with van der Waals surface area (Å²) in [6, 6.07) is 4.08. The molecule has 2 unspecified atom stereocenters. The SMILES string of the molecule is CC1CC2C(=O)N(c3ccc(C(N)=S)cc3F)C(=O)C2C1. The summed E-state index contributed by atoms with van der Waals surface area (Å²) in [6.45, 7) is 2.03. The van der Waals surface area contributed by atoms with Crippen molar-refractivity contribution in [2.24, 2.45) is 23.5 Å². The second-order valence-electron chi connectivity index (χ2n) is 5.83. The number of imide groups is 1. The zero-order chi connectivity index (χ0) is 15.3. The molecule has 1 aliphatic carbocycles. The van der Waals surface area contributed by atoms with Crippen molar-refractivity contribution < 1.29 is 14.0 Å². The molecule has 3 rings (SSSR count). The molecular weight excluding hydrogens is 291 g/mol. The first-order valence-electron chi connectivity index (χ1n) is 6.87. The number of nitrogens with zero attached hydrogens (tertiary/aromatic N) is 1. The topological polar surface area (TPSA) is 63.4 Å². The van der Waals surface area contributed by atoms with Crippen molar-refractivity contribution in [1.29, 1.82) is 0 Å². The number of anilines is 1. The van der Waals surface area contributed by atoms with Gasteiger partial charge in [-0.3, -0.25) is 9.59 Å². The number of hydrogen-bond acceptors (Lipinski definition) is 3. The minimum Gasteiger partial charge on any atom is -0.389 e. The Morgan fingerprint density at radius 3 is 2.33 bits per heavy atom. The van der Waals surface area contributed by atoms with E-state index < -0.39 is 5.82 Å². The molecule has 1 aliphatic heterocycles. The predicted molar refractivity (Wildman–Crippen MR) is 80.2 cm³/mol. The van der Waals surface area contributed by atoms with Gasteiger partial charge in [0.05, 0.1) is 17.5 Å². The molecule has 1 heterocycles. The molecule has 0 radical (unpaired) electrons. The van der Waals surface area contributed by atoms with Crippen LogP contribution in [0.15, 0.2) is 18.2 Å². The van der Waals surface area contributed by atoms with E-state index in [9.17, 15) is 14.0 Å². The summed E-state index contributed by atoms with van der Waals surface area (Å²) in [7, 11) is 0. The highest BCUT2D eigenvalue weighted by molar-refractivity contribution is 7.80. The first-order chi connectivity index (χ1) is 9.90. The van der Waals surface area contributed by atoms with E-state index in [-0.39, 0.29) is 34.3 Å². The number of rotatable bonds is 2. The minimum absolute atomic E-state index is 0.00736. The fourth-order valence-corrected chi connectivity index (χ4v) is 3.48. The van der Waals surface area contributed by atoms with Crippen LogP contribution in [-0.2, 0) is 9.59 Å². The van der Waals surface area contributed by atoms with Crippen LogP contribution in [0.25, 0.3) is 0 Å². The third kappa shape index (κ3) is 2.14. The van der Waals surface area contributed by atoms with Gasteiger partial charge in [-0.15, -0.1) is 0 Å². The van der Waals surface area contributed by atoms with E-state index in [2.05, 4.69) is 0 Å². The monoisotopic (exact) mass is 306 g/mol. The van der Waals surface area contributed by atoms with Gasteiger partial charge in [-0.2, -0.15) is 0 Å². The molecule has 110 valence electrons. The van der Waals surface area contributed by atoms with Gasteiger partial charge in [0.1, 0.15) is 10.8 Å². The molecule has 0 aromatic heterocycles. The lowest BCUT2D eigenvalue weighted by molar-refractivity contribution is -0.123. The average Bonchev–Trinajstić information content (AvgIpc) is 2.90. The third-order valence-corrected chi connectivity index (χ3v) is 4.58. The van der Waals surface area contributed by atoms with Crippen molar-refractivity contribution in [3.8, 4) is 0 Å². The number of nitrogens with two attached hydrogens (primary N) is 1. The summed E-state index contributed by atoms with van der Waals surface area (Å²) < 4.78 is 14.2. The molecule has 1 saturated heterocycles. The number of carbonyl (C=O) groups excluding carboxylic acids is 2. The summed E-state index contributed by atoms with van der Waals surface area (Å²) in [5, 5.41) is 0. The molecule has 0 spiro atoms. The summed E-state index contributed by atoms with van der Waals surface area (Å²) in [4.78, 5) is 25.9. The van der Waals surface area contributed by atoms with Crippen molar-refractivity contribution in [3.63, 3.8) is 0 Å². The van der Waals surface area contributed by atoms with E-state index in [0.29, 0.717) is 24.3 Å². The van der Waals surface area contributed by atoms with Crippen LogP contribution in [0.1, 0.15) is 25.3 Å². The van der Waals surface area contributed by atoms with E-state index in [4.69, 9.17) is 18.0 Å². The van der Waals surface area contributed by atoms with Gasteiger partial charge in [0.15, 0.2) is 0 Å². The van der Waals surface area contributed by atoms with E-state index in [0.717, 1.165) is 11.0 Å². The Morgan fingerprint density at radius 2 is 1.86 bits per heavy atom. The second-order valence-corrected chi connectivity index (χ2v) is 6.27. The van der Waals surface area contributed by atoms with Gasteiger partial charge >= 0.3 is 0 Å². The molecule has 1 saturated carbocycles. The first kappa shape index (κ1) is 14.1. The quantitative estimate of drug-likeness (QED) is 0.670. The standard InChI is InChI=1S/C15H15FN2O2S/c1-7-4-9-10(5-7)15(20)18(14(9)19)12-3-2-8(13(17)21)6-11(12)16/h2-3,6-7,9-10H,4-5H2,1H3,(H2,17,21). The Kier molecular flexibility index (Phi) is 3.28. The zero-order valence-corrected chi connectivity index (χ0v) is 12.3. The summed E-state index contributed by atoms with van der Waals surface area (Å²) in [5.74, 6) is -1.50. The lowest BCUT2D eigenvalue weighted by Gasteiger charge is -2.18. The number of benzene rings is 1. The molecule has 2 fully saturated rings. The maximum Gasteiger partial charge on any atom is 0.237 e. The van der Waals surface area contributed by atoms with Gasteiger partial charge in [0.2, 0.25) is 11.8 Å². The zero-order valence-electron chi connectivity index (χ0n) is 11.5. The molecule has 2 aliphatic rings. The van der Waals surface area contributed by atoms with Crippen LogP contribution in [0.3, 0.4) is 0 Å². The lowest BCUT2D eigenvalue weighted by atomic mass is 10.00. The number of amides is 2. The highest BCUT2D eigenvalue weighted by Crippen LogP contribution is 2.44. The second kappa shape index (κ2) is 4.87. The molecule has 2 amide bonds. The largest absolute Gasteiger partial charge is 0.389 e. The Hall–Kier alpha value is -1.82. The Morgan fingerprint density at radius 1 is 1.29 bits per heavy atom. The van der Waals surface area contributed by atoms with Gasteiger partial charge in [-0.25, -0.2) is 9.29 Å². The van der Waals surface area contributed by atoms with Crippen LogP contribution in [0.2, 0.25) is 0 Å². The van der Waals surface area contributed by atoms with Crippen molar-refractivity contribution in [2.75, 3.05) is 4.90 Å². The number of hydrogen-bond donors (Lipinski definition) is 1. The summed E-state index contributed by atoms with van der Waals surface area (Å²) >= 11 is 4.79. The number of fused-ring (bicyclic) bond motifs is 1. The molecule has 2 N–H and O–H groups in total. The summed E-state index contributed by atoms with van der Waals surface area (Å²) in [6.07, 6.45) is 1.39. The van der Waals surface area contributed by atoms with E-state index in [1.807, 2.05) is 6.92 Å². The highest BCUT2D eigenvalue weighted by atomic mass is 32.1. The minimum atomic E-state index is -0.657. The van der Waals surface area contributed by atoms with E-state index in [1.165, 1.54) is 12.1 Å². The summed E-state index contributed by atoms with van der Waals surface area (Å²) in [5.41, 5.74) is 5.81. The van der Waals surface area contributed by atoms with Gasteiger partial charge in [0.25, 0.3) is 0 Å². The first-order valence-corrected chi connectivity index (χ1v) is 7.28. The number of thiocarbonyl (C=S) groups is 1. The molecular formula is C15H15FN2O2S. The Bertz CT molecular complexity index is 637. The van der Waals surface area contributed by atoms with Crippen molar-refractivity contribution in [2.45, 2.75) is 19.8 Å². The molecule has 0 bridgehead atoms. The normalized spacial score (nSPS) is 28.1. The molecule has 1 aromatic carbocycles. The fraction of sp³-hybridized carbons (Fsp3) is 0.400. The molecule has 21 heavy (non-hydrogen) atoms. The van der Waals surface area contributed by atoms with Gasteiger partial charge in [-0.05, 0) is 37.0 Å². The van der Waals surface area contributed by atoms with Crippen LogP contribution in [0.5, 0.6) is 0 Å². The maximum atomic E-state index is 14.2. The smallest absolute Gasteiger partial charge is 0.237 e. The maximum absolute atomic E-state index is 14.2. The van der Waals surface area contributed by atoms with Gasteiger partial charge < -0.3 is 5.73 Å². The van der Waals surface area contributed by atoms with Crippen LogP contribution in [-0.4, -0.2) is 16.8 Å². The van der Waals surface area contributed by atoms with Crippen LogP contribution < -0.4 is 10.6 Å². The van der Waals surface area contributed by atoms with Crippen LogP contribution in [0, 0.1) is 23.6 Å². The average molecular weight is 306 g/mol. The molecule has 1 aromatic rings. The van der Waals surface area contributed by atoms with Crippen LogP contribution >= 0.6 is 12.2 Å². The molecule has 6 heteroatoms. The molecule has 2 atom stereocenters. The van der Waals surface area contributed by atoms with Gasteiger partial charge in [0, 0.05) is 5.56 Å². The third-order valence-electron chi connectivity index (χ3n) is 4.35. The Balaban J connectivity index is 1.97. The number of halogens is 1.